The summed E-state index contributed by atoms with van der Waals surface area (Å²) in [7, 11) is 0. The number of ether oxygens (including phenoxy) is 1. The Hall–Kier alpha value is -0.380. The number of carbonyl (C=O) groups is 2. The molecule has 0 bridgehead atoms. The Morgan fingerprint density at radius 2 is 2.00 bits per heavy atom. The van der Waals surface area contributed by atoms with E-state index in [-0.39, 0.29) is 4.69 Å². The summed E-state index contributed by atoms with van der Waals surface area (Å²) < 4.78 is 4.15. The molecule has 4 heteroatoms. The van der Waals surface area contributed by atoms with Crippen molar-refractivity contribution in [1.82, 2.24) is 0 Å². The average molecular weight is 195 g/mol. The largest absolute Gasteiger partial charge is 0.454 e. The quantitative estimate of drug-likeness (QED) is 0.484. The first-order valence-corrected chi connectivity index (χ1v) is 3.20. The van der Waals surface area contributed by atoms with Crippen molar-refractivity contribution in [3.8, 4) is 0 Å². The van der Waals surface area contributed by atoms with Gasteiger partial charge in [0.15, 0.2) is 6.10 Å². The Bertz CT molecular complexity index is 132. The highest BCUT2D eigenvalue weighted by atomic mass is 79.9. The Labute approximate surface area is 61.5 Å². The lowest BCUT2D eigenvalue weighted by atomic mass is 10.5. The van der Waals surface area contributed by atoms with Crippen LogP contribution in [0, 0.1) is 0 Å². The summed E-state index contributed by atoms with van der Waals surface area (Å²) in [6.45, 7) is 2.75. The first kappa shape index (κ1) is 8.62. The highest BCUT2D eigenvalue weighted by Crippen LogP contribution is 1.97. The molecule has 0 aliphatic heterocycles. The average Bonchev–Trinajstić information content (AvgIpc) is 1.63. The molecule has 3 nitrogen and oxygen atoms in total. The fourth-order valence-corrected chi connectivity index (χ4v) is 0.389. The molecular formula is C5H7BrO3. The van der Waals surface area contributed by atoms with Crippen LogP contribution in [0.2, 0.25) is 0 Å². The van der Waals surface area contributed by atoms with Crippen LogP contribution in [0.3, 0.4) is 0 Å². The molecule has 0 amide bonds. The van der Waals surface area contributed by atoms with Crippen LogP contribution in [0.4, 0.5) is 0 Å². The predicted molar refractivity (Wildman–Crippen MR) is 35.2 cm³/mol. The highest BCUT2D eigenvalue weighted by Gasteiger charge is 2.10. The molecule has 1 atom stereocenters. The maximum Gasteiger partial charge on any atom is 0.303 e. The van der Waals surface area contributed by atoms with Gasteiger partial charge in [-0.1, -0.05) is 0 Å². The minimum atomic E-state index is -0.678. The minimum absolute atomic E-state index is 0.322. The lowest BCUT2D eigenvalue weighted by Gasteiger charge is -2.04. The third kappa shape index (κ3) is 4.14. The molecular weight excluding hydrogens is 188 g/mol. The maximum absolute atomic E-state index is 10.3. The van der Waals surface area contributed by atoms with Gasteiger partial charge in [-0.25, -0.2) is 0 Å². The monoisotopic (exact) mass is 194 g/mol. The number of carbonyl (C=O) groups excluding carboxylic acids is 2. The van der Waals surface area contributed by atoms with Crippen molar-refractivity contribution in [3.05, 3.63) is 0 Å². The lowest BCUT2D eigenvalue weighted by Crippen LogP contribution is -2.17. The van der Waals surface area contributed by atoms with E-state index in [0.29, 0.717) is 0 Å². The molecule has 0 heterocycles. The van der Waals surface area contributed by atoms with Crippen molar-refractivity contribution in [1.29, 1.82) is 0 Å². The molecule has 0 spiro atoms. The van der Waals surface area contributed by atoms with Crippen molar-refractivity contribution in [2.24, 2.45) is 0 Å². The molecule has 0 aromatic heterocycles. The third-order valence-electron chi connectivity index (χ3n) is 0.662. The van der Waals surface area contributed by atoms with Gasteiger partial charge < -0.3 is 4.74 Å². The van der Waals surface area contributed by atoms with Crippen LogP contribution in [-0.2, 0) is 14.3 Å². The van der Waals surface area contributed by atoms with E-state index in [2.05, 4.69) is 20.7 Å². The van der Waals surface area contributed by atoms with E-state index >= 15 is 0 Å². The third-order valence-corrected chi connectivity index (χ3v) is 1.31. The first-order chi connectivity index (χ1) is 4.04. The van der Waals surface area contributed by atoms with Gasteiger partial charge in [0.2, 0.25) is 4.69 Å². The van der Waals surface area contributed by atoms with Crippen LogP contribution in [0.15, 0.2) is 0 Å². The van der Waals surface area contributed by atoms with Crippen molar-refractivity contribution in [2.45, 2.75) is 20.0 Å². The summed E-state index contributed by atoms with van der Waals surface area (Å²) in [5.41, 5.74) is 0. The van der Waals surface area contributed by atoms with Gasteiger partial charge in [-0.05, 0) is 22.9 Å². The van der Waals surface area contributed by atoms with E-state index in [1.165, 1.54) is 13.8 Å². The summed E-state index contributed by atoms with van der Waals surface area (Å²) in [4.78, 5) is 20.5. The van der Waals surface area contributed by atoms with Gasteiger partial charge in [0.1, 0.15) is 0 Å². The second-order valence-corrected chi connectivity index (χ2v) is 2.34. The molecule has 0 saturated heterocycles. The zero-order chi connectivity index (χ0) is 7.44. The molecule has 0 radical (unpaired) electrons. The molecule has 0 aliphatic carbocycles. The van der Waals surface area contributed by atoms with Crippen LogP contribution in [0.1, 0.15) is 13.8 Å². The van der Waals surface area contributed by atoms with Gasteiger partial charge in [0.05, 0.1) is 0 Å². The molecule has 0 aliphatic rings. The Morgan fingerprint density at radius 1 is 1.56 bits per heavy atom. The van der Waals surface area contributed by atoms with Crippen LogP contribution in [0.5, 0.6) is 0 Å². The summed E-state index contributed by atoms with van der Waals surface area (Å²) >= 11 is 2.65. The van der Waals surface area contributed by atoms with E-state index in [0.717, 1.165) is 0 Å². The Balaban J connectivity index is 3.63. The molecule has 0 aromatic rings. The van der Waals surface area contributed by atoms with Crippen molar-refractivity contribution in [3.63, 3.8) is 0 Å². The zero-order valence-electron chi connectivity index (χ0n) is 5.18. The standard InChI is InChI=1S/C5H7BrO3/c1-3(5(6)8)9-4(2)7/h3H,1-2H3/t3-/m0/s1. The van der Waals surface area contributed by atoms with Crippen molar-refractivity contribution < 1.29 is 14.3 Å². The van der Waals surface area contributed by atoms with E-state index < -0.39 is 12.1 Å². The SMILES string of the molecule is CC(=O)O[C@@H](C)C(=O)Br. The van der Waals surface area contributed by atoms with Crippen LogP contribution < -0.4 is 0 Å². The van der Waals surface area contributed by atoms with E-state index in [4.69, 9.17) is 0 Å². The predicted octanol–water partition coefficient (Wildman–Crippen LogP) is 0.860. The molecule has 0 aromatic carbocycles. The minimum Gasteiger partial charge on any atom is -0.454 e. The van der Waals surface area contributed by atoms with Gasteiger partial charge in [-0.3, -0.25) is 9.59 Å². The van der Waals surface area contributed by atoms with Crippen LogP contribution in [0.25, 0.3) is 0 Å². The number of hydrogen-bond donors (Lipinski definition) is 0. The summed E-state index contributed by atoms with van der Waals surface area (Å²) in [6.07, 6.45) is -0.678. The molecule has 0 fully saturated rings. The van der Waals surface area contributed by atoms with E-state index in [9.17, 15) is 9.59 Å². The molecule has 0 N–H and O–H groups in total. The van der Waals surface area contributed by atoms with Crippen LogP contribution in [-0.4, -0.2) is 16.8 Å². The van der Waals surface area contributed by atoms with Gasteiger partial charge in [-0.2, -0.15) is 0 Å². The Kier molecular flexibility index (Phi) is 3.46. The highest BCUT2D eigenvalue weighted by molar-refractivity contribution is 9.18. The number of halogens is 1. The first-order valence-electron chi connectivity index (χ1n) is 2.40. The molecule has 0 rings (SSSR count). The topological polar surface area (TPSA) is 43.4 Å². The lowest BCUT2D eigenvalue weighted by molar-refractivity contribution is -0.149. The van der Waals surface area contributed by atoms with Gasteiger partial charge in [0.25, 0.3) is 0 Å². The Morgan fingerprint density at radius 3 is 2.11 bits per heavy atom. The van der Waals surface area contributed by atoms with Crippen molar-refractivity contribution in [2.75, 3.05) is 0 Å². The van der Waals surface area contributed by atoms with E-state index in [1.807, 2.05) is 0 Å². The molecule has 0 unspecified atom stereocenters. The summed E-state index contributed by atoms with van der Waals surface area (Å²) in [5, 5.41) is 0. The van der Waals surface area contributed by atoms with Crippen molar-refractivity contribution >= 4 is 26.6 Å². The van der Waals surface area contributed by atoms with Crippen LogP contribution >= 0.6 is 15.9 Å². The smallest absolute Gasteiger partial charge is 0.303 e. The fourth-order valence-electron chi connectivity index (χ4n) is 0.295. The van der Waals surface area contributed by atoms with Gasteiger partial charge in [-0.15, -0.1) is 0 Å². The summed E-state index contributed by atoms with van der Waals surface area (Å²) in [5.74, 6) is -0.449. The second kappa shape index (κ2) is 3.61. The number of hydrogen-bond acceptors (Lipinski definition) is 3. The molecule has 0 saturated carbocycles. The molecule has 9 heavy (non-hydrogen) atoms. The maximum atomic E-state index is 10.3. The number of esters is 1. The fraction of sp³-hybridized carbons (Fsp3) is 0.600. The number of rotatable bonds is 2. The normalized spacial score (nSPS) is 12.3. The zero-order valence-corrected chi connectivity index (χ0v) is 6.77. The van der Waals surface area contributed by atoms with E-state index in [1.54, 1.807) is 0 Å². The van der Waals surface area contributed by atoms with Gasteiger partial charge >= 0.3 is 5.97 Å². The summed E-state index contributed by atoms with van der Waals surface area (Å²) in [6, 6.07) is 0. The molecule has 52 valence electrons. The second-order valence-electron chi connectivity index (χ2n) is 1.56. The van der Waals surface area contributed by atoms with Gasteiger partial charge in [0, 0.05) is 6.92 Å².